The van der Waals surface area contributed by atoms with E-state index in [4.69, 9.17) is 30.6 Å². The van der Waals surface area contributed by atoms with Crippen LogP contribution in [0.4, 0.5) is 0 Å². The smallest absolute Gasteiger partial charge is 0.371 e. The van der Waals surface area contributed by atoms with E-state index in [1.807, 2.05) is 0 Å². The Kier molecular flexibility index (Phi) is 10.2. The summed E-state index contributed by atoms with van der Waals surface area (Å²) in [6.07, 6.45) is 0. The molecule has 0 aliphatic heterocycles. The van der Waals surface area contributed by atoms with Crippen molar-refractivity contribution < 1.29 is 54.2 Å². The Morgan fingerprint density at radius 1 is 0.667 bits per heavy atom. The Balaban J connectivity index is 0.000000421. The van der Waals surface area contributed by atoms with Gasteiger partial charge in [-0.15, -0.1) is 0 Å². The molecule has 11 nitrogen and oxygen atoms in total. The van der Waals surface area contributed by atoms with Crippen LogP contribution in [0, 0.1) is 0 Å². The van der Waals surface area contributed by atoms with Gasteiger partial charge in [-0.05, 0) is 30.3 Å². The van der Waals surface area contributed by atoms with Crippen LogP contribution in [-0.4, -0.2) is 67.7 Å². The van der Waals surface area contributed by atoms with Crippen molar-refractivity contribution in [3.05, 3.63) is 59.0 Å². The van der Waals surface area contributed by atoms with Gasteiger partial charge in [-0.2, -0.15) is 0 Å². The number of aliphatic hydroxyl groups excluding tert-OH is 2. The molecule has 1 heterocycles. The number of carboxylic acid groups (broad SMARTS) is 4. The van der Waals surface area contributed by atoms with E-state index in [1.54, 1.807) is 0 Å². The van der Waals surface area contributed by atoms with Crippen molar-refractivity contribution in [2.24, 2.45) is 0 Å². The molecule has 0 aliphatic rings. The predicted molar refractivity (Wildman–Crippen MR) is 87.2 cm³/mol. The summed E-state index contributed by atoms with van der Waals surface area (Å²) in [5.41, 5.74) is -0.0372. The lowest BCUT2D eigenvalue weighted by molar-refractivity contribution is 0.0626. The average molecular weight is 384 g/mol. The van der Waals surface area contributed by atoms with Gasteiger partial charge >= 0.3 is 23.9 Å². The Morgan fingerprint density at radius 2 is 1.04 bits per heavy atom. The maximum atomic E-state index is 10.4. The first-order valence-corrected chi connectivity index (χ1v) is 6.98. The van der Waals surface area contributed by atoms with Crippen LogP contribution < -0.4 is 0 Å². The molecule has 0 fully saturated rings. The van der Waals surface area contributed by atoms with E-state index in [-0.39, 0.29) is 35.9 Å². The highest BCUT2D eigenvalue weighted by Gasteiger charge is 2.12. The minimum atomic E-state index is -1.28. The Bertz CT molecular complexity index is 731. The normalized spacial score (nSPS) is 9.11. The van der Waals surface area contributed by atoms with E-state index in [2.05, 4.69) is 4.42 Å². The maximum absolute atomic E-state index is 10.4. The zero-order valence-electron chi connectivity index (χ0n) is 13.6. The second-order valence-corrected chi connectivity index (χ2v) is 4.41. The molecule has 0 aliphatic carbocycles. The van der Waals surface area contributed by atoms with Gasteiger partial charge < -0.3 is 35.1 Å². The maximum Gasteiger partial charge on any atom is 0.371 e. The minimum absolute atomic E-state index is 0.0186. The first-order chi connectivity index (χ1) is 12.6. The molecule has 0 saturated heterocycles. The molecule has 0 bridgehead atoms. The Hall–Kier alpha value is -3.70. The van der Waals surface area contributed by atoms with E-state index < -0.39 is 23.9 Å². The Morgan fingerprint density at radius 3 is 1.26 bits per heavy atom. The zero-order valence-corrected chi connectivity index (χ0v) is 13.6. The summed E-state index contributed by atoms with van der Waals surface area (Å²) in [7, 11) is 0. The highest BCUT2D eigenvalue weighted by Crippen LogP contribution is 2.07. The zero-order chi connectivity index (χ0) is 21.0. The SMILES string of the molecule is O=C(O)c1ccc(C(=O)O)o1.O=C(O)c1cccc(C(=O)O)c1.OCCO. The standard InChI is InChI=1S/C8H6O4.C6H4O5.C2H6O2/c9-7(10)5-2-1-3-6(4-5)8(11)12;7-5(8)3-1-2-4(11-3)6(9)10;3-1-2-4/h1-4H,(H,9,10)(H,11,12);1-2H,(H,7,8)(H,9,10);3-4H,1-2H2. The third kappa shape index (κ3) is 8.81. The number of aliphatic hydroxyl groups is 2. The van der Waals surface area contributed by atoms with Crippen LogP contribution in [0.15, 0.2) is 40.8 Å². The average Bonchev–Trinajstić information content (AvgIpc) is 3.13. The van der Waals surface area contributed by atoms with Gasteiger partial charge in [0.2, 0.25) is 11.5 Å². The van der Waals surface area contributed by atoms with Crippen LogP contribution in [0.25, 0.3) is 0 Å². The number of hydrogen-bond donors (Lipinski definition) is 6. The lowest BCUT2D eigenvalue weighted by Gasteiger charge is -1.95. The minimum Gasteiger partial charge on any atom is -0.478 e. The lowest BCUT2D eigenvalue weighted by atomic mass is 10.1. The third-order valence-corrected chi connectivity index (χ3v) is 2.48. The van der Waals surface area contributed by atoms with Crippen LogP contribution in [0.2, 0.25) is 0 Å². The molecular weight excluding hydrogens is 368 g/mol. The van der Waals surface area contributed by atoms with Crippen molar-refractivity contribution in [3.63, 3.8) is 0 Å². The van der Waals surface area contributed by atoms with Gasteiger partial charge in [0, 0.05) is 0 Å². The molecule has 27 heavy (non-hydrogen) atoms. The first-order valence-electron chi connectivity index (χ1n) is 6.98. The van der Waals surface area contributed by atoms with Crippen LogP contribution in [0.3, 0.4) is 0 Å². The van der Waals surface area contributed by atoms with Crippen molar-refractivity contribution in [1.29, 1.82) is 0 Å². The number of hydrogen-bond acceptors (Lipinski definition) is 7. The number of benzene rings is 1. The van der Waals surface area contributed by atoms with Gasteiger partial charge in [-0.3, -0.25) is 0 Å². The van der Waals surface area contributed by atoms with Crippen LogP contribution in [0.1, 0.15) is 41.8 Å². The second kappa shape index (κ2) is 11.8. The monoisotopic (exact) mass is 384 g/mol. The Labute approximate surface area is 151 Å². The topological polar surface area (TPSA) is 203 Å². The summed E-state index contributed by atoms with van der Waals surface area (Å²) >= 11 is 0. The molecule has 0 radical (unpaired) electrons. The number of carboxylic acids is 4. The molecule has 1 aromatic carbocycles. The molecule has 2 aromatic rings. The second-order valence-electron chi connectivity index (χ2n) is 4.41. The van der Waals surface area contributed by atoms with Crippen LogP contribution in [-0.2, 0) is 0 Å². The molecule has 0 spiro atoms. The molecule has 0 unspecified atom stereocenters. The van der Waals surface area contributed by atoms with Crippen molar-refractivity contribution in [3.8, 4) is 0 Å². The van der Waals surface area contributed by atoms with Crippen LogP contribution in [0.5, 0.6) is 0 Å². The van der Waals surface area contributed by atoms with Crippen molar-refractivity contribution in [2.45, 2.75) is 0 Å². The fourth-order valence-corrected chi connectivity index (χ4v) is 1.35. The predicted octanol–water partition coefficient (Wildman–Crippen LogP) is 0.730. The summed E-state index contributed by atoms with van der Waals surface area (Å²) in [5.74, 6) is -5.56. The molecular formula is C16H16O11. The third-order valence-electron chi connectivity index (χ3n) is 2.48. The fourth-order valence-electron chi connectivity index (χ4n) is 1.35. The number of carbonyl (C=O) groups is 4. The fraction of sp³-hybridized carbons (Fsp3) is 0.125. The molecule has 146 valence electrons. The van der Waals surface area contributed by atoms with Gasteiger partial charge in [0.05, 0.1) is 24.3 Å². The molecule has 0 amide bonds. The van der Waals surface area contributed by atoms with Gasteiger partial charge in [-0.25, -0.2) is 19.2 Å². The molecule has 0 saturated carbocycles. The van der Waals surface area contributed by atoms with Gasteiger partial charge in [0.15, 0.2) is 0 Å². The molecule has 1 aromatic heterocycles. The molecule has 11 heteroatoms. The summed E-state index contributed by atoms with van der Waals surface area (Å²) in [5, 5.41) is 48.8. The van der Waals surface area contributed by atoms with Gasteiger partial charge in [-0.1, -0.05) is 6.07 Å². The van der Waals surface area contributed by atoms with Crippen LogP contribution >= 0.6 is 0 Å². The summed E-state index contributed by atoms with van der Waals surface area (Å²) < 4.78 is 4.41. The van der Waals surface area contributed by atoms with E-state index in [9.17, 15) is 19.2 Å². The van der Waals surface area contributed by atoms with E-state index in [0.717, 1.165) is 18.2 Å². The van der Waals surface area contributed by atoms with Crippen molar-refractivity contribution >= 4 is 23.9 Å². The first kappa shape index (κ1) is 23.3. The largest absolute Gasteiger partial charge is 0.478 e. The summed E-state index contributed by atoms with van der Waals surface area (Å²) in [4.78, 5) is 41.1. The lowest BCUT2D eigenvalue weighted by Crippen LogP contribution is -2.01. The van der Waals surface area contributed by atoms with Gasteiger partial charge in [0.25, 0.3) is 0 Å². The van der Waals surface area contributed by atoms with Crippen molar-refractivity contribution in [1.82, 2.24) is 0 Å². The van der Waals surface area contributed by atoms with E-state index in [1.165, 1.54) is 18.2 Å². The number of aromatic carboxylic acids is 4. The number of rotatable bonds is 5. The summed E-state index contributed by atoms with van der Waals surface area (Å²) in [6.45, 7) is -0.250. The van der Waals surface area contributed by atoms with Gasteiger partial charge in [0.1, 0.15) is 0 Å². The van der Waals surface area contributed by atoms with E-state index in [0.29, 0.717) is 0 Å². The molecule has 6 N–H and O–H groups in total. The number of furan rings is 1. The highest BCUT2D eigenvalue weighted by atomic mass is 16.4. The van der Waals surface area contributed by atoms with Crippen molar-refractivity contribution in [2.75, 3.05) is 13.2 Å². The van der Waals surface area contributed by atoms with E-state index >= 15 is 0 Å². The molecule has 0 atom stereocenters. The molecule has 2 rings (SSSR count). The summed E-state index contributed by atoms with van der Waals surface area (Å²) in [6, 6.07) is 7.37. The quantitative estimate of drug-likeness (QED) is 0.424. The highest BCUT2D eigenvalue weighted by molar-refractivity contribution is 5.93.